The summed E-state index contributed by atoms with van der Waals surface area (Å²) in [6.45, 7) is -2.85. The molecule has 0 aliphatic rings. The molecule has 2 N–H and O–H groups in total. The summed E-state index contributed by atoms with van der Waals surface area (Å²) in [5, 5.41) is -0.418. The van der Waals surface area contributed by atoms with Gasteiger partial charge in [0.15, 0.2) is 0 Å². The lowest BCUT2D eigenvalue weighted by Gasteiger charge is -2.00. The Labute approximate surface area is 84.6 Å². The van der Waals surface area contributed by atoms with Crippen molar-refractivity contribution in [2.45, 2.75) is 6.85 Å². The molecule has 3 nitrogen and oxygen atoms in total. The Kier molecular flexibility index (Phi) is 0.641. The van der Waals surface area contributed by atoms with Crippen LogP contribution in [0.1, 0.15) is 15.2 Å². The molecular weight excluding hydrogens is 166 g/mol. The van der Waals surface area contributed by atoms with Gasteiger partial charge in [0.05, 0.1) is 5.48 Å². The highest BCUT2D eigenvalue weighted by Crippen LogP contribution is 2.18. The first-order valence-corrected chi connectivity index (χ1v) is 3.40. The molecule has 0 amide bonds. The Hall–Kier alpha value is -1.77. The number of nitrogen functional groups attached to an aromatic ring is 1. The van der Waals surface area contributed by atoms with Gasteiger partial charge < -0.3 is 10.2 Å². The molecule has 0 spiro atoms. The Balaban J connectivity index is 3.21. The van der Waals surface area contributed by atoms with E-state index in [9.17, 15) is 4.79 Å². The lowest BCUT2D eigenvalue weighted by atomic mass is 10.1. The van der Waals surface area contributed by atoms with Crippen molar-refractivity contribution >= 4 is 16.7 Å². The van der Waals surface area contributed by atoms with Gasteiger partial charge in [0.2, 0.25) is 0 Å². The lowest BCUT2D eigenvalue weighted by molar-refractivity contribution is 0.560. The summed E-state index contributed by atoms with van der Waals surface area (Å²) >= 11 is 0. The Morgan fingerprint density at radius 1 is 1.54 bits per heavy atom. The fourth-order valence-electron chi connectivity index (χ4n) is 0.938. The minimum Gasteiger partial charge on any atom is -0.423 e. The summed E-state index contributed by atoms with van der Waals surface area (Å²) in [6.07, 6.45) is 0. The van der Waals surface area contributed by atoms with Crippen LogP contribution >= 0.6 is 0 Å². The second kappa shape index (κ2) is 2.62. The number of hydrogen-bond donors (Lipinski definition) is 1. The predicted octanol–water partition coefficient (Wildman–Crippen LogP) is 1.68. The first kappa shape index (κ1) is 3.18. The SMILES string of the molecule is [2H]c1c(N)c([2H])c2oc(=O)c([2H])c(C([2H])([2H])[2H])c2c1[2H]. The second-order valence-corrected chi connectivity index (χ2v) is 2.38. The Bertz CT molecular complexity index is 778. The van der Waals surface area contributed by atoms with E-state index in [0.717, 1.165) is 0 Å². The van der Waals surface area contributed by atoms with Crippen LogP contribution in [-0.2, 0) is 0 Å². The third-order valence-electron chi connectivity index (χ3n) is 1.47. The zero-order valence-corrected chi connectivity index (χ0v) is 6.39. The molecule has 3 heteroatoms. The van der Waals surface area contributed by atoms with Crippen molar-refractivity contribution in [3.05, 3.63) is 40.2 Å². The van der Waals surface area contributed by atoms with Crippen LogP contribution in [0.25, 0.3) is 11.0 Å². The minimum atomic E-state index is -2.85. The van der Waals surface area contributed by atoms with Gasteiger partial charge in [0, 0.05) is 27.3 Å². The molecule has 0 saturated carbocycles. The topological polar surface area (TPSA) is 56.2 Å². The summed E-state index contributed by atoms with van der Waals surface area (Å²) in [5.74, 6) is 0. The molecule has 0 radical (unpaired) electrons. The van der Waals surface area contributed by atoms with Crippen LogP contribution in [0.2, 0.25) is 0 Å². The average molecular weight is 182 g/mol. The summed E-state index contributed by atoms with van der Waals surface area (Å²) in [6, 6.07) is -2.57. The normalized spacial score (nSPS) is 19.2. The third kappa shape index (κ3) is 1.28. The predicted molar refractivity (Wildman–Crippen MR) is 51.6 cm³/mol. The summed E-state index contributed by atoms with van der Waals surface area (Å²) < 4.78 is 57.4. The molecule has 0 saturated heterocycles. The average Bonchev–Trinajstić information content (AvgIpc) is 2.34. The Morgan fingerprint density at radius 2 is 2.38 bits per heavy atom. The largest absolute Gasteiger partial charge is 0.423 e. The fraction of sp³-hybridized carbons (Fsp3) is 0.100. The van der Waals surface area contributed by atoms with Crippen molar-refractivity contribution in [2.24, 2.45) is 0 Å². The van der Waals surface area contributed by atoms with Crippen LogP contribution in [0.15, 0.2) is 33.4 Å². The molecule has 1 aromatic heterocycles. The molecule has 0 unspecified atom stereocenters. The smallest absolute Gasteiger partial charge is 0.336 e. The number of anilines is 1. The van der Waals surface area contributed by atoms with Crippen molar-refractivity contribution in [1.82, 2.24) is 0 Å². The highest BCUT2D eigenvalue weighted by atomic mass is 16.4. The van der Waals surface area contributed by atoms with Crippen molar-refractivity contribution in [1.29, 1.82) is 0 Å². The van der Waals surface area contributed by atoms with Gasteiger partial charge >= 0.3 is 5.63 Å². The van der Waals surface area contributed by atoms with E-state index in [2.05, 4.69) is 0 Å². The van der Waals surface area contributed by atoms with Crippen LogP contribution in [0.4, 0.5) is 5.69 Å². The van der Waals surface area contributed by atoms with E-state index < -0.39 is 53.2 Å². The molecule has 0 bridgehead atoms. The van der Waals surface area contributed by atoms with Crippen LogP contribution in [-0.4, -0.2) is 0 Å². The quantitative estimate of drug-likeness (QED) is 0.498. The van der Waals surface area contributed by atoms with Gasteiger partial charge in [-0.2, -0.15) is 0 Å². The van der Waals surface area contributed by atoms with Gasteiger partial charge in [0.25, 0.3) is 0 Å². The third-order valence-corrected chi connectivity index (χ3v) is 1.47. The molecule has 2 aromatic rings. The highest BCUT2D eigenvalue weighted by Gasteiger charge is 2.00. The van der Waals surface area contributed by atoms with E-state index in [-0.39, 0.29) is 5.69 Å². The number of hydrogen-bond acceptors (Lipinski definition) is 3. The zero-order chi connectivity index (χ0) is 15.4. The molecule has 1 heterocycles. The van der Waals surface area contributed by atoms with E-state index in [1.54, 1.807) is 0 Å². The van der Waals surface area contributed by atoms with Gasteiger partial charge in [-0.3, -0.25) is 0 Å². The maximum absolute atomic E-state index is 11.5. The molecule has 66 valence electrons. The van der Waals surface area contributed by atoms with Crippen molar-refractivity contribution in [3.63, 3.8) is 0 Å². The summed E-state index contributed by atoms with van der Waals surface area (Å²) in [4.78, 5) is 11.5. The van der Waals surface area contributed by atoms with Crippen LogP contribution < -0.4 is 11.4 Å². The molecule has 2 rings (SSSR count). The van der Waals surface area contributed by atoms with Crippen LogP contribution in [0, 0.1) is 6.85 Å². The minimum absolute atomic E-state index is 0.389. The van der Waals surface area contributed by atoms with Gasteiger partial charge in [0.1, 0.15) is 5.58 Å². The van der Waals surface area contributed by atoms with E-state index in [1.807, 2.05) is 0 Å². The van der Waals surface area contributed by atoms with Crippen LogP contribution in [0.5, 0.6) is 0 Å². The maximum Gasteiger partial charge on any atom is 0.336 e. The van der Waals surface area contributed by atoms with Gasteiger partial charge in [-0.1, -0.05) is 0 Å². The lowest BCUT2D eigenvalue weighted by Crippen LogP contribution is -1.98. The van der Waals surface area contributed by atoms with Gasteiger partial charge in [-0.25, -0.2) is 4.79 Å². The molecule has 0 aliphatic carbocycles. The number of aryl methyl sites for hydroxylation is 1. The van der Waals surface area contributed by atoms with E-state index in [4.69, 9.17) is 19.7 Å². The molecular formula is C10H9NO2. The standard InChI is InChI=1S/C10H9NO2/c1-6-4-10(12)13-9-5-7(11)2-3-8(6)9/h2-5H,11H2,1H3/i1D3,2D,3D,4D,5D. The highest BCUT2D eigenvalue weighted by molar-refractivity contribution is 5.82. The van der Waals surface area contributed by atoms with Crippen molar-refractivity contribution in [2.75, 3.05) is 5.73 Å². The Morgan fingerprint density at radius 3 is 3.15 bits per heavy atom. The van der Waals surface area contributed by atoms with Crippen molar-refractivity contribution < 1.29 is 14.0 Å². The molecule has 1 aromatic carbocycles. The van der Waals surface area contributed by atoms with Gasteiger partial charge in [-0.05, 0) is 24.5 Å². The van der Waals surface area contributed by atoms with E-state index in [1.165, 1.54) is 0 Å². The van der Waals surface area contributed by atoms with E-state index >= 15 is 0 Å². The summed E-state index contributed by atoms with van der Waals surface area (Å²) in [5.41, 5.74) is 2.65. The first-order valence-electron chi connectivity index (χ1n) is 6.90. The van der Waals surface area contributed by atoms with Crippen molar-refractivity contribution in [3.8, 4) is 0 Å². The van der Waals surface area contributed by atoms with E-state index in [0.29, 0.717) is 0 Å². The fourth-order valence-corrected chi connectivity index (χ4v) is 0.938. The summed E-state index contributed by atoms with van der Waals surface area (Å²) in [7, 11) is 0. The maximum atomic E-state index is 11.5. The van der Waals surface area contributed by atoms with Crippen LogP contribution in [0.3, 0.4) is 0 Å². The number of rotatable bonds is 0. The zero-order valence-electron chi connectivity index (χ0n) is 13.4. The van der Waals surface area contributed by atoms with Gasteiger partial charge in [-0.15, -0.1) is 0 Å². The second-order valence-electron chi connectivity index (χ2n) is 2.38. The number of nitrogens with two attached hydrogens (primary N) is 1. The molecule has 13 heavy (non-hydrogen) atoms. The molecule has 0 aliphatic heterocycles. The number of fused-ring (bicyclic) bond motifs is 1. The monoisotopic (exact) mass is 182 g/mol. The molecule has 0 atom stereocenters. The number of benzene rings is 1. The molecule has 0 fully saturated rings. The first-order chi connectivity index (χ1) is 9.07.